The smallest absolute Gasteiger partial charge is 0.291 e. The van der Waals surface area contributed by atoms with Crippen molar-refractivity contribution < 1.29 is 18.9 Å². The summed E-state index contributed by atoms with van der Waals surface area (Å²) in [5, 5.41) is 17.7. The maximum Gasteiger partial charge on any atom is 0.291 e. The van der Waals surface area contributed by atoms with E-state index in [9.17, 15) is 19.7 Å². The topological polar surface area (TPSA) is 127 Å². The van der Waals surface area contributed by atoms with Gasteiger partial charge in [-0.2, -0.15) is 5.10 Å². The van der Waals surface area contributed by atoms with E-state index in [4.69, 9.17) is 4.42 Å². The molecule has 0 aliphatic heterocycles. The molecule has 10 heteroatoms. The second-order valence-electron chi connectivity index (χ2n) is 6.53. The summed E-state index contributed by atoms with van der Waals surface area (Å²) in [6, 6.07) is 14.2. The van der Waals surface area contributed by atoms with Crippen LogP contribution in [0.5, 0.6) is 0 Å². The van der Waals surface area contributed by atoms with E-state index in [0.717, 1.165) is 5.56 Å². The number of hydrogen-bond acceptors (Lipinski definition) is 6. The first kappa shape index (κ1) is 21.9. The van der Waals surface area contributed by atoms with Crippen LogP contribution in [0.3, 0.4) is 0 Å². The third kappa shape index (κ3) is 5.43. The minimum absolute atomic E-state index is 0.0527. The van der Waals surface area contributed by atoms with Crippen molar-refractivity contribution in [2.75, 3.05) is 5.32 Å². The minimum atomic E-state index is -0.501. The third-order valence-corrected chi connectivity index (χ3v) is 4.76. The number of benzene rings is 2. The van der Waals surface area contributed by atoms with Crippen molar-refractivity contribution in [3.8, 4) is 0 Å². The van der Waals surface area contributed by atoms with Crippen molar-refractivity contribution in [1.29, 1.82) is 0 Å². The number of furan rings is 1. The SMILES string of the molecule is C/C(=N/NC(=O)c1ccc([N+](=O)[O-])c(C)c1)c1ccc(NC(=O)c2ccc(Br)o2)cc1. The molecule has 9 nitrogen and oxygen atoms in total. The van der Waals surface area contributed by atoms with Crippen LogP contribution in [-0.4, -0.2) is 22.4 Å². The molecule has 0 radical (unpaired) electrons. The third-order valence-electron chi connectivity index (χ3n) is 4.34. The van der Waals surface area contributed by atoms with Crippen LogP contribution in [0.4, 0.5) is 11.4 Å². The van der Waals surface area contributed by atoms with Gasteiger partial charge < -0.3 is 9.73 Å². The highest BCUT2D eigenvalue weighted by Crippen LogP contribution is 2.19. The summed E-state index contributed by atoms with van der Waals surface area (Å²) in [5.74, 6) is -0.682. The lowest BCUT2D eigenvalue weighted by molar-refractivity contribution is -0.385. The highest BCUT2D eigenvalue weighted by molar-refractivity contribution is 9.10. The quantitative estimate of drug-likeness (QED) is 0.298. The summed E-state index contributed by atoms with van der Waals surface area (Å²) in [7, 11) is 0. The second kappa shape index (κ2) is 9.35. The largest absolute Gasteiger partial charge is 0.444 e. The highest BCUT2D eigenvalue weighted by Gasteiger charge is 2.14. The number of nitrogens with one attached hydrogen (secondary N) is 2. The predicted molar refractivity (Wildman–Crippen MR) is 118 cm³/mol. The van der Waals surface area contributed by atoms with Crippen molar-refractivity contribution >= 4 is 44.8 Å². The van der Waals surface area contributed by atoms with Crippen LogP contribution in [0.15, 0.2) is 68.8 Å². The van der Waals surface area contributed by atoms with E-state index >= 15 is 0 Å². The number of halogens is 1. The Hall–Kier alpha value is -3.79. The molecule has 0 saturated heterocycles. The van der Waals surface area contributed by atoms with Gasteiger partial charge in [-0.05, 0) is 71.7 Å². The molecule has 0 spiro atoms. The Morgan fingerprint density at radius 1 is 1.03 bits per heavy atom. The minimum Gasteiger partial charge on any atom is -0.444 e. The Labute approximate surface area is 185 Å². The molecule has 0 saturated carbocycles. The van der Waals surface area contributed by atoms with Crippen LogP contribution >= 0.6 is 15.9 Å². The lowest BCUT2D eigenvalue weighted by Crippen LogP contribution is -2.19. The number of amides is 2. The first-order valence-corrected chi connectivity index (χ1v) is 9.80. The van der Waals surface area contributed by atoms with Crippen LogP contribution in [0.1, 0.15) is 39.0 Å². The molecule has 2 N–H and O–H groups in total. The molecule has 0 aliphatic carbocycles. The van der Waals surface area contributed by atoms with Crippen LogP contribution in [0.2, 0.25) is 0 Å². The molecule has 3 rings (SSSR count). The van der Waals surface area contributed by atoms with Gasteiger partial charge in [0.2, 0.25) is 0 Å². The van der Waals surface area contributed by atoms with Gasteiger partial charge in [0.15, 0.2) is 10.4 Å². The summed E-state index contributed by atoms with van der Waals surface area (Å²) in [4.78, 5) is 34.8. The monoisotopic (exact) mass is 484 g/mol. The lowest BCUT2D eigenvalue weighted by atomic mass is 10.1. The fourth-order valence-electron chi connectivity index (χ4n) is 2.69. The lowest BCUT2D eigenvalue weighted by Gasteiger charge is -2.06. The molecule has 3 aromatic rings. The molecule has 0 aliphatic rings. The van der Waals surface area contributed by atoms with Crippen molar-refractivity contribution in [2.24, 2.45) is 5.10 Å². The van der Waals surface area contributed by atoms with E-state index in [1.807, 2.05) is 0 Å². The summed E-state index contributed by atoms with van der Waals surface area (Å²) in [6.45, 7) is 3.28. The molecule has 2 amide bonds. The number of nitro benzene ring substituents is 1. The number of hydrogen-bond donors (Lipinski definition) is 2. The van der Waals surface area contributed by atoms with E-state index in [0.29, 0.717) is 21.6 Å². The summed E-state index contributed by atoms with van der Waals surface area (Å²) < 4.78 is 5.67. The average Bonchev–Trinajstić information content (AvgIpc) is 3.18. The van der Waals surface area contributed by atoms with Crippen LogP contribution in [-0.2, 0) is 0 Å². The normalized spacial score (nSPS) is 11.1. The van der Waals surface area contributed by atoms with E-state index in [1.165, 1.54) is 18.2 Å². The van der Waals surface area contributed by atoms with E-state index in [1.54, 1.807) is 50.2 Å². The zero-order valence-corrected chi connectivity index (χ0v) is 18.1. The van der Waals surface area contributed by atoms with Gasteiger partial charge in [0.25, 0.3) is 17.5 Å². The number of hydrazone groups is 1. The maximum absolute atomic E-state index is 12.3. The standard InChI is InChI=1S/C21H17BrN4O5/c1-12-11-15(5-8-17(12)26(29)30)20(27)25-24-13(2)14-3-6-16(7-4-14)23-21(28)18-9-10-19(22)31-18/h3-11H,1-2H3,(H,23,28)(H,25,27)/b24-13-. The molecule has 1 heterocycles. The van der Waals surface area contributed by atoms with Gasteiger partial charge in [0.05, 0.1) is 10.6 Å². The number of carbonyl (C=O) groups excluding carboxylic acids is 2. The molecule has 0 bridgehead atoms. The fourth-order valence-corrected chi connectivity index (χ4v) is 3.00. The van der Waals surface area contributed by atoms with Gasteiger partial charge in [-0.15, -0.1) is 0 Å². The van der Waals surface area contributed by atoms with Gasteiger partial charge >= 0.3 is 0 Å². The number of carbonyl (C=O) groups is 2. The van der Waals surface area contributed by atoms with E-state index in [2.05, 4.69) is 31.8 Å². The average molecular weight is 485 g/mol. The Morgan fingerprint density at radius 3 is 2.29 bits per heavy atom. The molecular weight excluding hydrogens is 468 g/mol. The first-order chi connectivity index (χ1) is 14.7. The second-order valence-corrected chi connectivity index (χ2v) is 7.31. The summed E-state index contributed by atoms with van der Waals surface area (Å²) in [5.41, 5.74) is 4.88. The van der Waals surface area contributed by atoms with Gasteiger partial charge in [0.1, 0.15) is 0 Å². The Balaban J connectivity index is 1.63. The van der Waals surface area contributed by atoms with Crippen molar-refractivity contribution in [2.45, 2.75) is 13.8 Å². The van der Waals surface area contributed by atoms with Crippen LogP contribution in [0.25, 0.3) is 0 Å². The van der Waals surface area contributed by atoms with Crippen LogP contribution < -0.4 is 10.7 Å². The molecule has 0 unspecified atom stereocenters. The van der Waals surface area contributed by atoms with Gasteiger partial charge in [-0.1, -0.05) is 12.1 Å². The fraction of sp³-hybridized carbons (Fsp3) is 0.0952. The predicted octanol–water partition coefficient (Wildman–Crippen LogP) is 4.67. The van der Waals surface area contributed by atoms with Gasteiger partial charge in [-0.3, -0.25) is 19.7 Å². The van der Waals surface area contributed by atoms with Crippen molar-refractivity contribution in [3.05, 3.63) is 91.8 Å². The van der Waals surface area contributed by atoms with Crippen LogP contribution in [0, 0.1) is 17.0 Å². The number of nitrogens with zero attached hydrogens (tertiary/aromatic N) is 2. The van der Waals surface area contributed by atoms with Gasteiger partial charge in [-0.25, -0.2) is 5.43 Å². The molecule has 2 aromatic carbocycles. The van der Waals surface area contributed by atoms with E-state index < -0.39 is 10.8 Å². The molecule has 0 atom stereocenters. The number of aryl methyl sites for hydroxylation is 1. The zero-order chi connectivity index (χ0) is 22.5. The van der Waals surface area contributed by atoms with Crippen molar-refractivity contribution in [1.82, 2.24) is 5.43 Å². The molecular formula is C21H17BrN4O5. The van der Waals surface area contributed by atoms with E-state index in [-0.39, 0.29) is 22.9 Å². The molecule has 1 aromatic heterocycles. The van der Waals surface area contributed by atoms with Gasteiger partial charge in [0, 0.05) is 22.9 Å². The molecule has 0 fully saturated rings. The number of nitro groups is 1. The Morgan fingerprint density at radius 2 is 1.71 bits per heavy atom. The zero-order valence-electron chi connectivity index (χ0n) is 16.5. The number of anilines is 1. The Bertz CT molecular complexity index is 1180. The molecule has 158 valence electrons. The summed E-state index contributed by atoms with van der Waals surface area (Å²) >= 11 is 3.15. The number of rotatable bonds is 6. The summed E-state index contributed by atoms with van der Waals surface area (Å²) in [6.07, 6.45) is 0. The molecule has 31 heavy (non-hydrogen) atoms. The Kier molecular flexibility index (Phi) is 6.61. The van der Waals surface area contributed by atoms with Crippen molar-refractivity contribution in [3.63, 3.8) is 0 Å². The highest BCUT2D eigenvalue weighted by atomic mass is 79.9. The maximum atomic E-state index is 12.3. The first-order valence-electron chi connectivity index (χ1n) is 9.01.